The van der Waals surface area contributed by atoms with Crippen LogP contribution >= 0.6 is 14.3 Å². The Labute approximate surface area is 285 Å². The quantitative estimate of drug-likeness (QED) is 0.0989. The van der Waals surface area contributed by atoms with Gasteiger partial charge in [-0.1, -0.05) is 188 Å². The van der Waals surface area contributed by atoms with E-state index < -0.39 is 22.4 Å². The maximum Gasteiger partial charge on any atom is 0.179 e. The Bertz CT molecular complexity index is 2080. The molecule has 1 aliphatic rings. The molecular formula is C43H38O2P2Si. The van der Waals surface area contributed by atoms with E-state index in [1.165, 1.54) is 20.7 Å². The van der Waals surface area contributed by atoms with Gasteiger partial charge < -0.3 is 9.13 Å². The predicted molar refractivity (Wildman–Crippen MR) is 209 cm³/mol. The van der Waals surface area contributed by atoms with Crippen LogP contribution in [0.2, 0.25) is 0 Å². The molecule has 1 unspecified atom stereocenters. The molecule has 48 heavy (non-hydrogen) atoms. The fourth-order valence-electron chi connectivity index (χ4n) is 7.13. The van der Waals surface area contributed by atoms with Crippen molar-refractivity contribution in [3.63, 3.8) is 0 Å². The van der Waals surface area contributed by atoms with Gasteiger partial charge in [-0.15, -0.1) is 0 Å². The first-order valence-corrected chi connectivity index (χ1v) is 22.3. The molecule has 6 aromatic carbocycles. The molecular weight excluding hydrogens is 639 g/mol. The van der Waals surface area contributed by atoms with E-state index in [0.29, 0.717) is 0 Å². The van der Waals surface area contributed by atoms with Gasteiger partial charge in [0, 0.05) is 21.2 Å². The van der Waals surface area contributed by atoms with Crippen LogP contribution in [0.4, 0.5) is 0 Å². The highest BCUT2D eigenvalue weighted by molar-refractivity contribution is 7.85. The first-order chi connectivity index (χ1) is 23.4. The molecule has 2 nitrogen and oxygen atoms in total. The molecule has 1 atom stereocenters. The lowest BCUT2D eigenvalue weighted by molar-refractivity contribution is 0.587. The van der Waals surface area contributed by atoms with E-state index in [0.717, 1.165) is 39.4 Å². The molecule has 6 aromatic rings. The molecule has 0 aliphatic heterocycles. The number of hydrogen-bond donors (Lipinski definition) is 0. The molecule has 0 spiro atoms. The van der Waals surface area contributed by atoms with Gasteiger partial charge in [-0.3, -0.25) is 0 Å². The summed E-state index contributed by atoms with van der Waals surface area (Å²) in [6, 6.07) is 58.4. The summed E-state index contributed by atoms with van der Waals surface area (Å²) < 4.78 is 29.4. The Hall–Kier alpha value is -4.52. The van der Waals surface area contributed by atoms with Crippen molar-refractivity contribution < 1.29 is 9.13 Å². The van der Waals surface area contributed by atoms with Crippen LogP contribution < -0.4 is 42.0 Å². The van der Waals surface area contributed by atoms with E-state index in [1.54, 1.807) is 0 Å². The minimum Gasteiger partial charge on any atom is -0.314 e. The van der Waals surface area contributed by atoms with Crippen molar-refractivity contribution in [1.29, 1.82) is 0 Å². The van der Waals surface area contributed by atoms with E-state index >= 15 is 4.57 Å². The van der Waals surface area contributed by atoms with Crippen LogP contribution in [-0.2, 0) is 9.13 Å². The Kier molecular flexibility index (Phi) is 9.04. The second kappa shape index (κ2) is 13.5. The molecule has 7 rings (SSSR count). The second-order valence-electron chi connectivity index (χ2n) is 12.4. The molecule has 0 fully saturated rings. The third-order valence-corrected chi connectivity index (χ3v) is 20.3. The predicted octanol–water partition coefficient (Wildman–Crippen LogP) is 6.56. The highest BCUT2D eigenvalue weighted by Gasteiger charge is 2.42. The lowest BCUT2D eigenvalue weighted by Gasteiger charge is -2.35. The van der Waals surface area contributed by atoms with Gasteiger partial charge in [0.1, 0.15) is 7.14 Å². The van der Waals surface area contributed by atoms with Crippen LogP contribution in [0.15, 0.2) is 193 Å². The largest absolute Gasteiger partial charge is 0.314 e. The zero-order valence-electron chi connectivity index (χ0n) is 27.0. The first-order valence-electron chi connectivity index (χ1n) is 16.4. The SMILES string of the molecule is CP(=O)(C1=CC=CCC1)c1ccc([Si](c2ccccc2)(c2ccccc2)c2ccc(P(=O)(c3ccccc3)c3ccccc3)cc2)cc1. The van der Waals surface area contributed by atoms with Gasteiger partial charge in [0.2, 0.25) is 0 Å². The van der Waals surface area contributed by atoms with Crippen LogP contribution in [0, 0.1) is 0 Å². The maximum atomic E-state index is 15.2. The van der Waals surface area contributed by atoms with Crippen molar-refractivity contribution in [2.75, 3.05) is 6.66 Å². The summed E-state index contributed by atoms with van der Waals surface area (Å²) in [5.41, 5.74) is 0. The standard InChI is InChI=1S/C43H38O2P2Si/c1-46(44,35-17-7-2-8-18-35)36-27-31-42(32-28-36)48(40-23-13-5-14-24-40,41-25-15-6-16-26-41)43-33-29-39(30-34-43)47(45,37-19-9-3-10-20-37)38-21-11-4-12-22-38/h2-7,9-17,19-34H,8,18H2,1H3. The van der Waals surface area contributed by atoms with Crippen LogP contribution in [-0.4, -0.2) is 14.7 Å². The zero-order valence-corrected chi connectivity index (χ0v) is 29.8. The van der Waals surface area contributed by atoms with Gasteiger partial charge >= 0.3 is 0 Å². The van der Waals surface area contributed by atoms with Crippen LogP contribution in [0.3, 0.4) is 0 Å². The number of allylic oxidation sites excluding steroid dienone is 4. The van der Waals surface area contributed by atoms with E-state index in [2.05, 4.69) is 115 Å². The minimum atomic E-state index is -3.13. The number of benzene rings is 6. The maximum absolute atomic E-state index is 15.2. The summed E-state index contributed by atoms with van der Waals surface area (Å²) in [5, 5.41) is 9.29. The first kappa shape index (κ1) is 32.0. The highest BCUT2D eigenvalue weighted by Crippen LogP contribution is 2.51. The van der Waals surface area contributed by atoms with E-state index in [1.807, 2.05) is 79.5 Å². The lowest BCUT2D eigenvalue weighted by Crippen LogP contribution is -2.74. The summed E-state index contributed by atoms with van der Waals surface area (Å²) in [7, 11) is -8.69. The summed E-state index contributed by atoms with van der Waals surface area (Å²) in [6.07, 6.45) is 7.97. The van der Waals surface area contributed by atoms with Crippen molar-refractivity contribution in [1.82, 2.24) is 0 Å². The molecule has 236 valence electrons. The molecule has 0 heterocycles. The fourth-order valence-corrected chi connectivity index (χ4v) is 16.5. The molecule has 0 saturated heterocycles. The summed E-state index contributed by atoms with van der Waals surface area (Å²) in [6.45, 7) is 1.91. The number of hydrogen-bond acceptors (Lipinski definition) is 2. The average molecular weight is 677 g/mol. The van der Waals surface area contributed by atoms with E-state index in [-0.39, 0.29) is 0 Å². The molecule has 5 heteroatoms. The van der Waals surface area contributed by atoms with Gasteiger partial charge in [0.05, 0.1) is 0 Å². The third kappa shape index (κ3) is 5.67. The molecule has 0 N–H and O–H groups in total. The minimum absolute atomic E-state index is 0.810. The Morgan fingerprint density at radius 2 is 0.833 bits per heavy atom. The third-order valence-electron chi connectivity index (χ3n) is 9.65. The summed E-state index contributed by atoms with van der Waals surface area (Å²) >= 11 is 0. The summed E-state index contributed by atoms with van der Waals surface area (Å²) in [4.78, 5) is 0. The number of rotatable bonds is 9. The Morgan fingerprint density at radius 3 is 1.25 bits per heavy atom. The van der Waals surface area contributed by atoms with Gasteiger partial charge in [0.25, 0.3) is 0 Å². The van der Waals surface area contributed by atoms with Crippen molar-refractivity contribution in [3.05, 3.63) is 193 Å². The van der Waals surface area contributed by atoms with Crippen LogP contribution in [0.5, 0.6) is 0 Å². The van der Waals surface area contributed by atoms with E-state index in [9.17, 15) is 4.57 Å². The molecule has 1 aliphatic carbocycles. The second-order valence-corrected chi connectivity index (χ2v) is 21.9. The van der Waals surface area contributed by atoms with Crippen molar-refractivity contribution in [3.8, 4) is 0 Å². The molecule has 0 aromatic heterocycles. The normalized spacial score (nSPS) is 14.6. The monoisotopic (exact) mass is 676 g/mol. The Morgan fingerprint density at radius 1 is 0.458 bits per heavy atom. The van der Waals surface area contributed by atoms with Gasteiger partial charge in [-0.25, -0.2) is 0 Å². The molecule has 0 radical (unpaired) electrons. The van der Waals surface area contributed by atoms with Crippen LogP contribution in [0.25, 0.3) is 0 Å². The highest BCUT2D eigenvalue weighted by atomic mass is 31.2. The smallest absolute Gasteiger partial charge is 0.179 e. The molecule has 0 amide bonds. The Balaban J connectivity index is 1.43. The van der Waals surface area contributed by atoms with Crippen LogP contribution in [0.1, 0.15) is 12.8 Å². The summed E-state index contributed by atoms with van der Waals surface area (Å²) in [5.74, 6) is 0. The topological polar surface area (TPSA) is 34.1 Å². The van der Waals surface area contributed by atoms with Gasteiger partial charge in [-0.2, -0.15) is 0 Å². The molecule has 0 saturated carbocycles. The van der Waals surface area contributed by atoms with Gasteiger partial charge in [0.15, 0.2) is 15.2 Å². The average Bonchev–Trinajstić information content (AvgIpc) is 3.17. The zero-order chi connectivity index (χ0) is 33.0. The molecule has 0 bridgehead atoms. The van der Waals surface area contributed by atoms with Crippen molar-refractivity contribution in [2.45, 2.75) is 12.8 Å². The van der Waals surface area contributed by atoms with Crippen molar-refractivity contribution in [2.24, 2.45) is 0 Å². The lowest BCUT2D eigenvalue weighted by atomic mass is 10.2. The van der Waals surface area contributed by atoms with Gasteiger partial charge in [-0.05, 0) is 45.6 Å². The van der Waals surface area contributed by atoms with Crippen molar-refractivity contribution >= 4 is 64.3 Å². The fraction of sp³-hybridized carbons (Fsp3) is 0.0698. The van der Waals surface area contributed by atoms with E-state index in [4.69, 9.17) is 0 Å².